The van der Waals surface area contributed by atoms with E-state index in [9.17, 15) is 0 Å². The number of hydrogen-bond donors (Lipinski definition) is 0. The van der Waals surface area contributed by atoms with E-state index in [0.29, 0.717) is 12.5 Å². The van der Waals surface area contributed by atoms with Crippen LogP contribution in [0.4, 0.5) is 0 Å². The summed E-state index contributed by atoms with van der Waals surface area (Å²) < 4.78 is 7.83. The van der Waals surface area contributed by atoms with Crippen LogP contribution in [0.5, 0.6) is 5.88 Å². The highest BCUT2D eigenvalue weighted by Gasteiger charge is 2.10. The van der Waals surface area contributed by atoms with E-state index in [-0.39, 0.29) is 0 Å². The summed E-state index contributed by atoms with van der Waals surface area (Å²) in [6, 6.07) is 20.1. The first kappa shape index (κ1) is 16.3. The Labute approximate surface area is 156 Å². The molecule has 0 bridgehead atoms. The van der Waals surface area contributed by atoms with Crippen molar-refractivity contribution in [3.8, 4) is 11.6 Å². The normalized spacial score (nSPS) is 11.1. The molecule has 128 valence electrons. The van der Waals surface area contributed by atoms with Gasteiger partial charge in [0.15, 0.2) is 0 Å². The van der Waals surface area contributed by atoms with Crippen molar-refractivity contribution in [1.29, 1.82) is 0 Å². The third kappa shape index (κ3) is 3.90. The van der Waals surface area contributed by atoms with Crippen molar-refractivity contribution in [3.63, 3.8) is 0 Å². The van der Waals surface area contributed by atoms with Crippen molar-refractivity contribution >= 4 is 23.5 Å². The lowest BCUT2D eigenvalue weighted by molar-refractivity contribution is 0.291. The van der Waals surface area contributed by atoms with E-state index < -0.39 is 0 Å². The van der Waals surface area contributed by atoms with Crippen molar-refractivity contribution in [2.24, 2.45) is 0 Å². The highest BCUT2D eigenvalue weighted by atomic mass is 32.1. The topological polar surface area (TPSA) is 39.9 Å². The largest absolute Gasteiger partial charge is 0.471 e. The summed E-state index contributed by atoms with van der Waals surface area (Å²) in [6.45, 7) is 0.476. The highest BCUT2D eigenvalue weighted by molar-refractivity contribution is 7.07. The molecule has 4 nitrogen and oxygen atoms in total. The number of ether oxygens (including phenoxy) is 1. The van der Waals surface area contributed by atoms with E-state index in [0.717, 1.165) is 22.5 Å². The van der Waals surface area contributed by atoms with Gasteiger partial charge in [0, 0.05) is 11.6 Å². The molecule has 0 amide bonds. The number of aromatic nitrogens is 3. The van der Waals surface area contributed by atoms with Crippen LogP contribution in [-0.2, 0) is 6.61 Å². The second-order valence-electron chi connectivity index (χ2n) is 5.69. The van der Waals surface area contributed by atoms with Crippen LogP contribution in [0.3, 0.4) is 0 Å². The van der Waals surface area contributed by atoms with Crippen LogP contribution in [0.1, 0.15) is 16.8 Å². The molecule has 0 aliphatic heterocycles. The zero-order valence-electron chi connectivity index (χ0n) is 14.0. The van der Waals surface area contributed by atoms with Crippen LogP contribution in [0.2, 0.25) is 0 Å². The Morgan fingerprint density at radius 1 is 0.962 bits per heavy atom. The summed E-state index contributed by atoms with van der Waals surface area (Å²) in [7, 11) is 0. The Bertz CT molecular complexity index is 977. The minimum atomic E-state index is 0.476. The van der Waals surface area contributed by atoms with Crippen LogP contribution in [0, 0.1) is 0 Å². The molecule has 2 heterocycles. The first-order valence-corrected chi connectivity index (χ1v) is 9.21. The molecule has 5 heteroatoms. The van der Waals surface area contributed by atoms with Crippen molar-refractivity contribution in [2.45, 2.75) is 6.61 Å². The molecule has 0 atom stereocenters. The number of rotatable bonds is 6. The Morgan fingerprint density at radius 3 is 2.46 bits per heavy atom. The zero-order chi connectivity index (χ0) is 17.6. The summed E-state index contributed by atoms with van der Waals surface area (Å²) in [6.07, 6.45) is 5.93. The van der Waals surface area contributed by atoms with Gasteiger partial charge in [0.05, 0.1) is 22.5 Å². The second kappa shape index (κ2) is 7.80. The van der Waals surface area contributed by atoms with E-state index in [1.54, 1.807) is 11.3 Å². The van der Waals surface area contributed by atoms with Crippen LogP contribution >= 0.6 is 11.3 Å². The Kier molecular flexibility index (Phi) is 4.89. The summed E-state index contributed by atoms with van der Waals surface area (Å²) in [5.41, 5.74) is 5.76. The maximum atomic E-state index is 5.99. The standard InChI is InChI=1S/C21H17N3OS/c1-3-7-17(8-4-1)14-25-21-18(11-12-19-15-26-16-22-19)13-24(23-21)20-9-5-2-6-10-20/h1-13,15-16H,14H2. The van der Waals surface area contributed by atoms with Gasteiger partial charge in [0.2, 0.25) is 5.88 Å². The third-order valence-electron chi connectivity index (χ3n) is 3.83. The van der Waals surface area contributed by atoms with E-state index in [1.807, 2.05) is 94.6 Å². The fourth-order valence-corrected chi connectivity index (χ4v) is 3.04. The molecule has 0 spiro atoms. The molecule has 2 aromatic heterocycles. The van der Waals surface area contributed by atoms with E-state index in [1.165, 1.54) is 0 Å². The fraction of sp³-hybridized carbons (Fsp3) is 0.0476. The number of nitrogens with zero attached hydrogens (tertiary/aromatic N) is 3. The number of benzene rings is 2. The van der Waals surface area contributed by atoms with Crippen molar-refractivity contribution < 1.29 is 4.74 Å². The first-order chi connectivity index (χ1) is 12.9. The molecule has 0 aliphatic rings. The molecule has 4 aromatic rings. The first-order valence-electron chi connectivity index (χ1n) is 8.26. The predicted octanol–water partition coefficient (Wildman–Crippen LogP) is 5.08. The van der Waals surface area contributed by atoms with Gasteiger partial charge in [0.1, 0.15) is 6.61 Å². The smallest absolute Gasteiger partial charge is 0.240 e. The lowest BCUT2D eigenvalue weighted by Gasteiger charge is -2.04. The van der Waals surface area contributed by atoms with Gasteiger partial charge in [0.25, 0.3) is 0 Å². The number of thiazole rings is 1. The minimum absolute atomic E-state index is 0.476. The lowest BCUT2D eigenvalue weighted by atomic mass is 10.2. The maximum absolute atomic E-state index is 5.99. The highest BCUT2D eigenvalue weighted by Crippen LogP contribution is 2.22. The molecule has 0 N–H and O–H groups in total. The van der Waals surface area contributed by atoms with Gasteiger partial charge in [-0.05, 0) is 29.8 Å². The van der Waals surface area contributed by atoms with Crippen LogP contribution in [-0.4, -0.2) is 14.8 Å². The molecule has 4 rings (SSSR count). The van der Waals surface area contributed by atoms with E-state index >= 15 is 0 Å². The average Bonchev–Trinajstić information content (AvgIpc) is 3.36. The summed E-state index contributed by atoms with van der Waals surface area (Å²) in [4.78, 5) is 4.28. The lowest BCUT2D eigenvalue weighted by Crippen LogP contribution is -1.98. The van der Waals surface area contributed by atoms with Crippen LogP contribution < -0.4 is 4.74 Å². The van der Waals surface area contributed by atoms with Crippen molar-refractivity contribution in [3.05, 3.63) is 94.6 Å². The van der Waals surface area contributed by atoms with E-state index in [2.05, 4.69) is 10.1 Å². The molecule has 0 aliphatic carbocycles. The second-order valence-corrected chi connectivity index (χ2v) is 6.41. The predicted molar refractivity (Wildman–Crippen MR) is 105 cm³/mol. The summed E-state index contributed by atoms with van der Waals surface area (Å²) >= 11 is 1.57. The minimum Gasteiger partial charge on any atom is -0.471 e. The molecule has 2 aromatic carbocycles. The van der Waals surface area contributed by atoms with Crippen LogP contribution in [0.25, 0.3) is 17.8 Å². The molecule has 26 heavy (non-hydrogen) atoms. The van der Waals surface area contributed by atoms with Gasteiger partial charge in [-0.15, -0.1) is 16.4 Å². The molecule has 0 fully saturated rings. The summed E-state index contributed by atoms with van der Waals surface area (Å²) in [5, 5.41) is 6.62. The number of hydrogen-bond acceptors (Lipinski definition) is 4. The Hall–Kier alpha value is -3.18. The van der Waals surface area contributed by atoms with Gasteiger partial charge in [-0.1, -0.05) is 48.5 Å². The summed E-state index contributed by atoms with van der Waals surface area (Å²) in [5.74, 6) is 0.601. The zero-order valence-corrected chi connectivity index (χ0v) is 14.8. The number of para-hydroxylation sites is 1. The van der Waals surface area contributed by atoms with Gasteiger partial charge >= 0.3 is 0 Å². The maximum Gasteiger partial charge on any atom is 0.240 e. The van der Waals surface area contributed by atoms with Gasteiger partial charge in [-0.3, -0.25) is 0 Å². The average molecular weight is 359 g/mol. The molecule has 0 unspecified atom stereocenters. The molecular formula is C21H17N3OS. The fourth-order valence-electron chi connectivity index (χ4n) is 2.52. The van der Waals surface area contributed by atoms with Crippen LogP contribution in [0.15, 0.2) is 77.8 Å². The van der Waals surface area contributed by atoms with E-state index in [4.69, 9.17) is 4.74 Å². The SMILES string of the molecule is C(=Cc1cn(-c2ccccc2)nc1OCc1ccccc1)c1cscn1. The van der Waals surface area contributed by atoms with Gasteiger partial charge in [-0.25, -0.2) is 9.67 Å². The molecule has 0 saturated heterocycles. The molecule has 0 saturated carbocycles. The molecule has 0 radical (unpaired) electrons. The third-order valence-corrected chi connectivity index (χ3v) is 4.44. The van der Waals surface area contributed by atoms with Crippen molar-refractivity contribution in [1.82, 2.24) is 14.8 Å². The Balaban J connectivity index is 1.62. The molecular weight excluding hydrogens is 342 g/mol. The quantitative estimate of drug-likeness (QED) is 0.482. The Morgan fingerprint density at radius 2 is 1.73 bits per heavy atom. The monoisotopic (exact) mass is 359 g/mol. The van der Waals surface area contributed by atoms with Crippen molar-refractivity contribution in [2.75, 3.05) is 0 Å². The van der Waals surface area contributed by atoms with Gasteiger partial charge in [-0.2, -0.15) is 0 Å². The van der Waals surface area contributed by atoms with Gasteiger partial charge < -0.3 is 4.74 Å².